The van der Waals surface area contributed by atoms with E-state index in [-0.39, 0.29) is 17.0 Å². The lowest BCUT2D eigenvalue weighted by Crippen LogP contribution is -2.45. The number of alkyl halides is 7. The van der Waals surface area contributed by atoms with Gasteiger partial charge in [0.25, 0.3) is 12.9 Å². The standard InChI is InChI=1S/C19H20F7N3O/c1-10(19(24,25)26)8-18(2,27)9-30-14-4-3-12(29-15(14)17(22)23)11-5-6-28-13(7-11)16(20)21/h3-7,10,16-17H,8-9,27H2,1-2H3. The number of ether oxygens (including phenoxy) is 1. The van der Waals surface area contributed by atoms with E-state index in [1.165, 1.54) is 19.1 Å². The lowest BCUT2D eigenvalue weighted by atomic mass is 9.91. The lowest BCUT2D eigenvalue weighted by Gasteiger charge is -2.29. The Labute approximate surface area is 168 Å². The van der Waals surface area contributed by atoms with Crippen molar-refractivity contribution < 1.29 is 35.5 Å². The van der Waals surface area contributed by atoms with Gasteiger partial charge in [0.05, 0.1) is 11.6 Å². The van der Waals surface area contributed by atoms with Crippen molar-refractivity contribution in [1.29, 1.82) is 0 Å². The summed E-state index contributed by atoms with van der Waals surface area (Å²) in [4.78, 5) is 7.27. The molecule has 2 aromatic rings. The molecule has 0 aromatic carbocycles. The van der Waals surface area contributed by atoms with Gasteiger partial charge in [-0.05, 0) is 37.6 Å². The second-order valence-electron chi connectivity index (χ2n) is 7.24. The largest absolute Gasteiger partial charge is 0.490 e. The molecule has 0 aliphatic rings. The average Bonchev–Trinajstić information content (AvgIpc) is 2.65. The van der Waals surface area contributed by atoms with Gasteiger partial charge in [-0.2, -0.15) is 13.2 Å². The second kappa shape index (κ2) is 9.15. The van der Waals surface area contributed by atoms with E-state index in [9.17, 15) is 30.7 Å². The molecule has 2 heterocycles. The van der Waals surface area contributed by atoms with E-state index >= 15 is 0 Å². The maximum Gasteiger partial charge on any atom is 0.391 e. The minimum absolute atomic E-state index is 0.0110. The fourth-order valence-corrected chi connectivity index (χ4v) is 2.75. The van der Waals surface area contributed by atoms with Gasteiger partial charge in [0, 0.05) is 17.3 Å². The van der Waals surface area contributed by atoms with Crippen LogP contribution in [0, 0.1) is 5.92 Å². The zero-order valence-electron chi connectivity index (χ0n) is 16.1. The molecule has 2 unspecified atom stereocenters. The van der Waals surface area contributed by atoms with Gasteiger partial charge in [0.15, 0.2) is 0 Å². The Balaban J connectivity index is 2.23. The number of halogens is 7. The number of hydrogen-bond acceptors (Lipinski definition) is 4. The number of nitrogens with zero attached hydrogens (tertiary/aromatic N) is 2. The van der Waals surface area contributed by atoms with E-state index in [0.717, 1.165) is 25.3 Å². The number of aromatic nitrogens is 2. The summed E-state index contributed by atoms with van der Waals surface area (Å²) in [5, 5.41) is 0. The van der Waals surface area contributed by atoms with E-state index in [1.807, 2.05) is 0 Å². The molecule has 2 aromatic heterocycles. The minimum atomic E-state index is -4.44. The average molecular weight is 439 g/mol. The Morgan fingerprint density at radius 1 is 1.07 bits per heavy atom. The van der Waals surface area contributed by atoms with Crippen LogP contribution >= 0.6 is 0 Å². The van der Waals surface area contributed by atoms with Crippen LogP contribution in [0.15, 0.2) is 30.5 Å². The van der Waals surface area contributed by atoms with Crippen LogP contribution < -0.4 is 10.5 Å². The third kappa shape index (κ3) is 6.28. The molecule has 0 saturated heterocycles. The van der Waals surface area contributed by atoms with Gasteiger partial charge in [-0.3, -0.25) is 4.98 Å². The molecule has 0 amide bonds. The number of hydrogen-bond donors (Lipinski definition) is 1. The topological polar surface area (TPSA) is 61.0 Å². The lowest BCUT2D eigenvalue weighted by molar-refractivity contribution is -0.175. The van der Waals surface area contributed by atoms with Crippen molar-refractivity contribution in [2.75, 3.05) is 6.61 Å². The molecule has 2 rings (SSSR count). The van der Waals surface area contributed by atoms with Gasteiger partial charge in [0.1, 0.15) is 23.7 Å². The molecular formula is C19H20F7N3O. The Morgan fingerprint density at radius 3 is 2.30 bits per heavy atom. The highest BCUT2D eigenvalue weighted by atomic mass is 19.4. The van der Waals surface area contributed by atoms with Crippen LogP contribution in [0.2, 0.25) is 0 Å². The molecule has 0 radical (unpaired) electrons. The van der Waals surface area contributed by atoms with Crippen molar-refractivity contribution in [1.82, 2.24) is 9.97 Å². The summed E-state index contributed by atoms with van der Waals surface area (Å²) < 4.78 is 96.0. The van der Waals surface area contributed by atoms with Crippen LogP contribution in [0.5, 0.6) is 5.75 Å². The summed E-state index contributed by atoms with van der Waals surface area (Å²) in [5.41, 5.74) is 3.23. The van der Waals surface area contributed by atoms with Gasteiger partial charge in [0.2, 0.25) is 0 Å². The molecule has 2 N–H and O–H groups in total. The van der Waals surface area contributed by atoms with Gasteiger partial charge in [-0.1, -0.05) is 6.92 Å². The van der Waals surface area contributed by atoms with Gasteiger partial charge in [-0.15, -0.1) is 0 Å². The summed E-state index contributed by atoms with van der Waals surface area (Å²) in [6.45, 7) is 1.83. The Kier molecular flexibility index (Phi) is 7.27. The van der Waals surface area contributed by atoms with Crippen molar-refractivity contribution in [3.05, 3.63) is 41.9 Å². The highest BCUT2D eigenvalue weighted by Gasteiger charge is 2.40. The van der Waals surface area contributed by atoms with Crippen molar-refractivity contribution in [2.45, 2.75) is 44.8 Å². The van der Waals surface area contributed by atoms with E-state index in [0.29, 0.717) is 0 Å². The monoisotopic (exact) mass is 439 g/mol. The van der Waals surface area contributed by atoms with Gasteiger partial charge in [-0.25, -0.2) is 22.5 Å². The first-order valence-corrected chi connectivity index (χ1v) is 8.82. The predicted molar refractivity (Wildman–Crippen MR) is 95.3 cm³/mol. The molecule has 11 heteroatoms. The summed E-state index contributed by atoms with van der Waals surface area (Å²) in [6, 6.07) is 4.78. The van der Waals surface area contributed by atoms with Crippen LogP contribution in [0.3, 0.4) is 0 Å². The molecule has 0 aliphatic carbocycles. The van der Waals surface area contributed by atoms with Crippen molar-refractivity contribution in [2.24, 2.45) is 11.7 Å². The van der Waals surface area contributed by atoms with E-state index < -0.39 is 54.9 Å². The summed E-state index contributed by atoms with van der Waals surface area (Å²) in [5.74, 6) is -2.06. The summed E-state index contributed by atoms with van der Waals surface area (Å²) >= 11 is 0. The Morgan fingerprint density at radius 2 is 1.73 bits per heavy atom. The molecule has 4 nitrogen and oxygen atoms in total. The molecule has 30 heavy (non-hydrogen) atoms. The number of rotatable bonds is 8. The zero-order valence-corrected chi connectivity index (χ0v) is 16.1. The third-order valence-electron chi connectivity index (χ3n) is 4.28. The molecule has 166 valence electrons. The SMILES string of the molecule is CC(CC(C)(N)COc1ccc(-c2ccnc(C(F)F)c2)nc1C(F)F)C(F)(F)F. The second-order valence-corrected chi connectivity index (χ2v) is 7.24. The normalized spacial score (nSPS) is 15.3. The highest BCUT2D eigenvalue weighted by molar-refractivity contribution is 5.60. The van der Waals surface area contributed by atoms with E-state index in [2.05, 4.69) is 9.97 Å². The van der Waals surface area contributed by atoms with Gasteiger partial charge < -0.3 is 10.5 Å². The maximum absolute atomic E-state index is 13.5. The zero-order chi connectivity index (χ0) is 22.7. The number of nitrogens with two attached hydrogens (primary N) is 1. The quantitative estimate of drug-likeness (QED) is 0.536. The molecule has 0 saturated carbocycles. The first-order valence-electron chi connectivity index (χ1n) is 8.82. The van der Waals surface area contributed by atoms with Crippen LogP contribution in [-0.2, 0) is 0 Å². The van der Waals surface area contributed by atoms with Crippen LogP contribution in [0.4, 0.5) is 30.7 Å². The molecular weight excluding hydrogens is 419 g/mol. The maximum atomic E-state index is 13.5. The number of pyridine rings is 2. The third-order valence-corrected chi connectivity index (χ3v) is 4.28. The first kappa shape index (κ1) is 23.8. The summed E-state index contributed by atoms with van der Waals surface area (Å²) in [7, 11) is 0. The molecule has 0 aliphatic heterocycles. The van der Waals surface area contributed by atoms with Crippen molar-refractivity contribution >= 4 is 0 Å². The molecule has 0 fully saturated rings. The smallest absolute Gasteiger partial charge is 0.391 e. The molecule has 2 atom stereocenters. The van der Waals surface area contributed by atoms with Crippen molar-refractivity contribution in [3.8, 4) is 17.0 Å². The highest BCUT2D eigenvalue weighted by Crippen LogP contribution is 2.34. The molecule has 0 spiro atoms. The fourth-order valence-electron chi connectivity index (χ4n) is 2.75. The Hall–Kier alpha value is -2.43. The fraction of sp³-hybridized carbons (Fsp3) is 0.474. The van der Waals surface area contributed by atoms with Crippen LogP contribution in [0.1, 0.15) is 44.5 Å². The Bertz CT molecular complexity index is 856. The van der Waals surface area contributed by atoms with Crippen molar-refractivity contribution in [3.63, 3.8) is 0 Å². The van der Waals surface area contributed by atoms with E-state index in [1.54, 1.807) is 0 Å². The van der Waals surface area contributed by atoms with Crippen LogP contribution in [0.25, 0.3) is 11.3 Å². The predicted octanol–water partition coefficient (Wildman–Crippen LogP) is 5.70. The summed E-state index contributed by atoms with van der Waals surface area (Å²) in [6.07, 6.45) is -9.73. The van der Waals surface area contributed by atoms with E-state index in [4.69, 9.17) is 10.5 Å². The molecule has 0 bridgehead atoms. The van der Waals surface area contributed by atoms with Crippen LogP contribution in [-0.4, -0.2) is 28.3 Å². The first-order chi connectivity index (χ1) is 13.8. The minimum Gasteiger partial charge on any atom is -0.490 e. The van der Waals surface area contributed by atoms with Gasteiger partial charge >= 0.3 is 6.18 Å².